The van der Waals surface area contributed by atoms with Gasteiger partial charge < -0.3 is 10.2 Å². The third-order valence-electron chi connectivity index (χ3n) is 5.64. The summed E-state index contributed by atoms with van der Waals surface area (Å²) >= 11 is 6.33. The molecule has 0 aliphatic carbocycles. The lowest BCUT2D eigenvalue weighted by Gasteiger charge is -2.32. The van der Waals surface area contributed by atoms with Gasteiger partial charge in [0, 0.05) is 17.6 Å². The number of halogens is 1. The Kier molecular flexibility index (Phi) is 9.53. The predicted molar refractivity (Wildman–Crippen MR) is 137 cm³/mol. The van der Waals surface area contributed by atoms with Crippen LogP contribution in [-0.4, -0.2) is 50.0 Å². The fraction of sp³-hybridized carbons (Fsp3) is 0.440. The molecule has 0 saturated carbocycles. The van der Waals surface area contributed by atoms with Crippen LogP contribution < -0.4 is 9.62 Å². The van der Waals surface area contributed by atoms with E-state index in [0.717, 1.165) is 28.1 Å². The minimum Gasteiger partial charge on any atom is -0.352 e. The maximum absolute atomic E-state index is 13.6. The topological polar surface area (TPSA) is 86.8 Å². The smallest absolute Gasteiger partial charge is 0.244 e. The zero-order chi connectivity index (χ0) is 25.6. The average molecular weight is 508 g/mol. The standard InChI is InChI=1S/C25H34ClN3O4S/c1-7-19(4)27-25(31)20(5)28(15-21-10-8-9-11-23(21)26)24(30)16-29(34(6,32)33)22-13-17(2)12-18(3)14-22/h8-14,19-20H,7,15-16H2,1-6H3,(H,27,31)/t19-,20+/m0/s1. The Balaban J connectivity index is 2.43. The third-order valence-corrected chi connectivity index (χ3v) is 7.15. The maximum Gasteiger partial charge on any atom is 0.244 e. The Morgan fingerprint density at radius 3 is 2.18 bits per heavy atom. The normalized spacial score (nSPS) is 13.1. The molecule has 186 valence electrons. The average Bonchev–Trinajstić information content (AvgIpc) is 2.74. The first kappa shape index (κ1) is 27.7. The van der Waals surface area contributed by atoms with E-state index in [-0.39, 0.29) is 18.5 Å². The number of benzene rings is 2. The number of hydrogen-bond acceptors (Lipinski definition) is 4. The van der Waals surface area contributed by atoms with E-state index in [4.69, 9.17) is 11.6 Å². The summed E-state index contributed by atoms with van der Waals surface area (Å²) in [5.41, 5.74) is 2.83. The lowest BCUT2D eigenvalue weighted by molar-refractivity contribution is -0.139. The largest absolute Gasteiger partial charge is 0.352 e. The maximum atomic E-state index is 13.6. The number of anilines is 1. The van der Waals surface area contributed by atoms with Gasteiger partial charge in [0.15, 0.2) is 0 Å². The second kappa shape index (κ2) is 11.7. The fourth-order valence-corrected chi connectivity index (χ4v) is 4.60. The van der Waals surface area contributed by atoms with Crippen LogP contribution in [0.1, 0.15) is 43.9 Å². The molecule has 2 aromatic carbocycles. The molecule has 0 heterocycles. The van der Waals surface area contributed by atoms with Crippen LogP contribution in [-0.2, 0) is 26.2 Å². The Morgan fingerprint density at radius 1 is 1.06 bits per heavy atom. The molecule has 9 heteroatoms. The quantitative estimate of drug-likeness (QED) is 0.525. The molecular formula is C25H34ClN3O4S. The van der Waals surface area contributed by atoms with Gasteiger partial charge in [0.1, 0.15) is 12.6 Å². The van der Waals surface area contributed by atoms with Crippen molar-refractivity contribution >= 4 is 39.1 Å². The molecule has 2 rings (SSSR count). The van der Waals surface area contributed by atoms with Gasteiger partial charge in [0.2, 0.25) is 21.8 Å². The van der Waals surface area contributed by atoms with Crippen LogP contribution in [0.5, 0.6) is 0 Å². The summed E-state index contributed by atoms with van der Waals surface area (Å²) in [4.78, 5) is 27.8. The van der Waals surface area contributed by atoms with Crippen LogP contribution in [0.15, 0.2) is 42.5 Å². The summed E-state index contributed by atoms with van der Waals surface area (Å²) in [6, 6.07) is 11.5. The number of nitrogens with one attached hydrogen (secondary N) is 1. The van der Waals surface area contributed by atoms with Crippen LogP contribution in [0.2, 0.25) is 5.02 Å². The second-order valence-corrected chi connectivity index (χ2v) is 11.0. The molecule has 0 bridgehead atoms. The summed E-state index contributed by atoms with van der Waals surface area (Å²) in [5, 5.41) is 3.36. The van der Waals surface area contributed by atoms with Crippen molar-refractivity contribution in [2.45, 2.75) is 59.7 Å². The Labute approximate surface area is 208 Å². The van der Waals surface area contributed by atoms with E-state index in [2.05, 4.69) is 5.32 Å². The Bertz CT molecular complexity index is 1120. The van der Waals surface area contributed by atoms with Gasteiger partial charge in [-0.15, -0.1) is 0 Å². The van der Waals surface area contributed by atoms with Crippen molar-refractivity contribution in [1.29, 1.82) is 0 Å². The highest BCUT2D eigenvalue weighted by molar-refractivity contribution is 7.92. The van der Waals surface area contributed by atoms with Crippen molar-refractivity contribution in [2.75, 3.05) is 17.1 Å². The van der Waals surface area contributed by atoms with Gasteiger partial charge in [0.05, 0.1) is 11.9 Å². The van der Waals surface area contributed by atoms with E-state index in [1.165, 1.54) is 4.90 Å². The fourth-order valence-electron chi connectivity index (χ4n) is 3.57. The summed E-state index contributed by atoms with van der Waals surface area (Å²) < 4.78 is 26.4. The van der Waals surface area contributed by atoms with E-state index in [0.29, 0.717) is 16.3 Å². The van der Waals surface area contributed by atoms with Gasteiger partial charge >= 0.3 is 0 Å². The van der Waals surface area contributed by atoms with Gasteiger partial charge in [-0.05, 0) is 69.0 Å². The number of carbonyl (C=O) groups excluding carboxylic acids is 2. The number of nitrogens with zero attached hydrogens (tertiary/aromatic N) is 2. The first-order valence-corrected chi connectivity index (χ1v) is 13.4. The molecule has 0 radical (unpaired) electrons. The number of hydrogen-bond donors (Lipinski definition) is 1. The number of carbonyl (C=O) groups is 2. The SMILES string of the molecule is CC[C@H](C)NC(=O)[C@@H](C)N(Cc1ccccc1Cl)C(=O)CN(c1cc(C)cc(C)c1)S(C)(=O)=O. The predicted octanol–water partition coefficient (Wildman–Crippen LogP) is 4.05. The van der Waals surface area contributed by atoms with Crippen LogP contribution in [0.25, 0.3) is 0 Å². The molecule has 0 aromatic heterocycles. The van der Waals surface area contributed by atoms with Gasteiger partial charge in [-0.25, -0.2) is 8.42 Å². The van der Waals surface area contributed by atoms with Crippen molar-refractivity contribution in [3.05, 3.63) is 64.2 Å². The molecule has 0 aliphatic heterocycles. The first-order valence-electron chi connectivity index (χ1n) is 11.2. The lowest BCUT2D eigenvalue weighted by atomic mass is 10.1. The van der Waals surface area contributed by atoms with E-state index < -0.39 is 28.5 Å². The Hall–Kier alpha value is -2.58. The van der Waals surface area contributed by atoms with Crippen LogP contribution in [0.3, 0.4) is 0 Å². The Morgan fingerprint density at radius 2 is 1.65 bits per heavy atom. The molecule has 0 aliphatic rings. The van der Waals surface area contributed by atoms with E-state index >= 15 is 0 Å². The summed E-state index contributed by atoms with van der Waals surface area (Å²) in [6.45, 7) is 8.83. The van der Waals surface area contributed by atoms with E-state index in [1.807, 2.05) is 33.8 Å². The molecule has 2 aromatic rings. The highest BCUT2D eigenvalue weighted by Crippen LogP contribution is 2.23. The van der Waals surface area contributed by atoms with Crippen molar-refractivity contribution in [1.82, 2.24) is 10.2 Å². The van der Waals surface area contributed by atoms with Crippen LogP contribution >= 0.6 is 11.6 Å². The molecular weight excluding hydrogens is 474 g/mol. The van der Waals surface area contributed by atoms with Crippen molar-refractivity contribution in [3.63, 3.8) is 0 Å². The molecule has 0 saturated heterocycles. The highest BCUT2D eigenvalue weighted by atomic mass is 35.5. The number of rotatable bonds is 10. The molecule has 0 fully saturated rings. The molecule has 34 heavy (non-hydrogen) atoms. The van der Waals surface area contributed by atoms with E-state index in [9.17, 15) is 18.0 Å². The van der Waals surface area contributed by atoms with Crippen molar-refractivity contribution in [3.8, 4) is 0 Å². The molecule has 1 N–H and O–H groups in total. The summed E-state index contributed by atoms with van der Waals surface area (Å²) in [5.74, 6) is -0.816. The third kappa shape index (κ3) is 7.46. The first-order chi connectivity index (χ1) is 15.8. The summed E-state index contributed by atoms with van der Waals surface area (Å²) in [7, 11) is -3.77. The zero-order valence-corrected chi connectivity index (χ0v) is 22.2. The van der Waals surface area contributed by atoms with Crippen molar-refractivity contribution in [2.24, 2.45) is 0 Å². The number of amides is 2. The van der Waals surface area contributed by atoms with Gasteiger partial charge in [-0.1, -0.05) is 42.8 Å². The van der Waals surface area contributed by atoms with Gasteiger partial charge in [-0.3, -0.25) is 13.9 Å². The van der Waals surface area contributed by atoms with Crippen LogP contribution in [0, 0.1) is 13.8 Å². The minimum absolute atomic E-state index is 0.0602. The minimum atomic E-state index is -3.77. The van der Waals surface area contributed by atoms with Crippen LogP contribution in [0.4, 0.5) is 5.69 Å². The van der Waals surface area contributed by atoms with E-state index in [1.54, 1.807) is 43.3 Å². The molecule has 0 unspecified atom stereocenters. The van der Waals surface area contributed by atoms with Gasteiger partial charge in [-0.2, -0.15) is 0 Å². The zero-order valence-electron chi connectivity index (χ0n) is 20.6. The lowest BCUT2D eigenvalue weighted by Crippen LogP contribution is -2.52. The second-order valence-electron chi connectivity index (χ2n) is 8.72. The molecule has 2 atom stereocenters. The monoisotopic (exact) mass is 507 g/mol. The summed E-state index contributed by atoms with van der Waals surface area (Å²) in [6.07, 6.45) is 1.81. The van der Waals surface area contributed by atoms with Crippen molar-refractivity contribution < 1.29 is 18.0 Å². The molecule has 2 amide bonds. The number of sulfonamides is 1. The molecule has 0 spiro atoms. The number of aryl methyl sites for hydroxylation is 2. The molecule has 7 nitrogen and oxygen atoms in total. The van der Waals surface area contributed by atoms with Gasteiger partial charge in [0.25, 0.3) is 0 Å². The highest BCUT2D eigenvalue weighted by Gasteiger charge is 2.30.